The molecule has 1 aromatic heterocycles. The van der Waals surface area contributed by atoms with Gasteiger partial charge in [0.05, 0.1) is 4.92 Å². The molecule has 0 amide bonds. The molecule has 3 aromatic rings. The highest BCUT2D eigenvalue weighted by atomic mass is 32.2. The van der Waals surface area contributed by atoms with Crippen molar-refractivity contribution in [3.63, 3.8) is 0 Å². The van der Waals surface area contributed by atoms with E-state index >= 15 is 0 Å². The van der Waals surface area contributed by atoms with Crippen molar-refractivity contribution in [3.05, 3.63) is 69.3 Å². The summed E-state index contributed by atoms with van der Waals surface area (Å²) in [6.07, 6.45) is 0. The largest absolute Gasteiger partial charge is 0.411 e. The highest BCUT2D eigenvalue weighted by Gasteiger charge is 2.16. The van der Waals surface area contributed by atoms with Crippen LogP contribution in [0.15, 0.2) is 52.1 Å². The molecule has 0 N–H and O–H groups in total. The zero-order valence-corrected chi connectivity index (χ0v) is 14.9. The zero-order chi connectivity index (χ0) is 18.0. The average molecular weight is 355 g/mol. The third kappa shape index (κ3) is 3.88. The van der Waals surface area contributed by atoms with E-state index < -0.39 is 4.92 Å². The Labute approximate surface area is 149 Å². The SMILES string of the molecule is Cc1ccc(-c2nnc(S[C@@H](C)c3cccc([N+](=O)[O-])c3)o2)cc1C. The zero-order valence-electron chi connectivity index (χ0n) is 14.1. The summed E-state index contributed by atoms with van der Waals surface area (Å²) in [5.41, 5.74) is 4.16. The molecule has 0 fully saturated rings. The number of hydrogen-bond donors (Lipinski definition) is 0. The lowest BCUT2D eigenvalue weighted by Gasteiger charge is -2.08. The standard InChI is InChI=1S/C18H17N3O3S/c1-11-7-8-15(9-12(11)2)17-19-20-18(24-17)25-13(3)14-5-4-6-16(10-14)21(22)23/h4-10,13H,1-3H3/t13-/m0/s1. The first-order valence-corrected chi connectivity index (χ1v) is 8.64. The van der Waals surface area contributed by atoms with Crippen molar-refractivity contribution in [1.82, 2.24) is 10.2 Å². The van der Waals surface area contributed by atoms with Gasteiger partial charge in [-0.3, -0.25) is 10.1 Å². The topological polar surface area (TPSA) is 82.1 Å². The molecule has 0 spiro atoms. The van der Waals surface area contributed by atoms with Crippen LogP contribution in [0.1, 0.15) is 28.9 Å². The van der Waals surface area contributed by atoms with E-state index in [0.29, 0.717) is 11.1 Å². The van der Waals surface area contributed by atoms with Crippen LogP contribution in [0.2, 0.25) is 0 Å². The molecule has 2 aromatic carbocycles. The number of hydrogen-bond acceptors (Lipinski definition) is 6. The van der Waals surface area contributed by atoms with Gasteiger partial charge in [-0.1, -0.05) is 30.0 Å². The second-order valence-corrected chi connectivity index (χ2v) is 7.08. The van der Waals surface area contributed by atoms with Gasteiger partial charge in [0, 0.05) is 22.9 Å². The normalized spacial score (nSPS) is 12.1. The van der Waals surface area contributed by atoms with E-state index in [9.17, 15) is 10.1 Å². The fourth-order valence-corrected chi connectivity index (χ4v) is 3.16. The highest BCUT2D eigenvalue weighted by molar-refractivity contribution is 7.99. The fraction of sp³-hybridized carbons (Fsp3) is 0.222. The van der Waals surface area contributed by atoms with Crippen LogP contribution in [0.5, 0.6) is 0 Å². The van der Waals surface area contributed by atoms with Gasteiger partial charge >= 0.3 is 0 Å². The lowest BCUT2D eigenvalue weighted by Crippen LogP contribution is -1.92. The Hall–Kier alpha value is -2.67. The molecule has 0 radical (unpaired) electrons. The van der Waals surface area contributed by atoms with Gasteiger partial charge < -0.3 is 4.42 Å². The lowest BCUT2D eigenvalue weighted by atomic mass is 10.1. The van der Waals surface area contributed by atoms with E-state index in [-0.39, 0.29) is 10.9 Å². The van der Waals surface area contributed by atoms with E-state index in [1.54, 1.807) is 12.1 Å². The molecule has 1 heterocycles. The Bertz CT molecular complexity index is 923. The lowest BCUT2D eigenvalue weighted by molar-refractivity contribution is -0.384. The van der Waals surface area contributed by atoms with Crippen LogP contribution in [0.4, 0.5) is 5.69 Å². The number of aryl methyl sites for hydroxylation is 2. The quantitative estimate of drug-likeness (QED) is 0.359. The molecule has 0 aliphatic carbocycles. The van der Waals surface area contributed by atoms with Crippen molar-refractivity contribution in [2.75, 3.05) is 0 Å². The minimum Gasteiger partial charge on any atom is -0.411 e. The molecule has 7 heteroatoms. The molecule has 0 bridgehead atoms. The first-order chi connectivity index (χ1) is 11.9. The first-order valence-electron chi connectivity index (χ1n) is 7.76. The molecular formula is C18H17N3O3S. The van der Waals surface area contributed by atoms with E-state index in [2.05, 4.69) is 17.1 Å². The molecule has 25 heavy (non-hydrogen) atoms. The molecule has 128 valence electrons. The van der Waals surface area contributed by atoms with Crippen LogP contribution < -0.4 is 0 Å². The van der Waals surface area contributed by atoms with E-state index in [4.69, 9.17) is 4.42 Å². The Morgan fingerprint density at radius 1 is 1.12 bits per heavy atom. The van der Waals surface area contributed by atoms with Gasteiger partial charge in [0.1, 0.15) is 0 Å². The maximum Gasteiger partial charge on any atom is 0.277 e. The van der Waals surface area contributed by atoms with E-state index in [1.807, 2.05) is 38.1 Å². The summed E-state index contributed by atoms with van der Waals surface area (Å²) in [5, 5.41) is 19.5. The van der Waals surface area contributed by atoms with Gasteiger partial charge in [-0.2, -0.15) is 0 Å². The summed E-state index contributed by atoms with van der Waals surface area (Å²) < 4.78 is 5.74. The van der Waals surface area contributed by atoms with Crippen LogP contribution in [-0.2, 0) is 0 Å². The molecule has 0 aliphatic rings. The van der Waals surface area contributed by atoms with Crippen molar-refractivity contribution in [2.45, 2.75) is 31.2 Å². The predicted octanol–water partition coefficient (Wildman–Crippen LogP) is 5.11. The number of thioether (sulfide) groups is 1. The molecule has 0 aliphatic heterocycles. The summed E-state index contributed by atoms with van der Waals surface area (Å²) in [4.78, 5) is 10.5. The molecule has 0 unspecified atom stereocenters. The summed E-state index contributed by atoms with van der Waals surface area (Å²) in [5.74, 6) is 0.469. The van der Waals surface area contributed by atoms with Crippen molar-refractivity contribution >= 4 is 17.4 Å². The first kappa shape index (κ1) is 17.2. The smallest absolute Gasteiger partial charge is 0.277 e. The van der Waals surface area contributed by atoms with Gasteiger partial charge in [0.2, 0.25) is 5.89 Å². The van der Waals surface area contributed by atoms with Crippen molar-refractivity contribution in [3.8, 4) is 11.5 Å². The van der Waals surface area contributed by atoms with Crippen LogP contribution in [-0.4, -0.2) is 15.1 Å². The van der Waals surface area contributed by atoms with Crippen LogP contribution in [0.3, 0.4) is 0 Å². The van der Waals surface area contributed by atoms with Crippen LogP contribution in [0, 0.1) is 24.0 Å². The minimum atomic E-state index is -0.397. The summed E-state index contributed by atoms with van der Waals surface area (Å²) in [7, 11) is 0. The molecule has 0 saturated carbocycles. The van der Waals surface area contributed by atoms with Gasteiger partial charge in [-0.15, -0.1) is 10.2 Å². The van der Waals surface area contributed by atoms with Gasteiger partial charge in [-0.05, 0) is 49.6 Å². The third-order valence-corrected chi connectivity index (χ3v) is 4.98. The van der Waals surface area contributed by atoms with Gasteiger partial charge in [0.15, 0.2) is 0 Å². The summed E-state index contributed by atoms with van der Waals surface area (Å²) in [6.45, 7) is 6.04. The molecule has 6 nitrogen and oxygen atoms in total. The van der Waals surface area contributed by atoms with E-state index in [1.165, 1.54) is 23.4 Å². The Morgan fingerprint density at radius 2 is 1.92 bits per heavy atom. The molecule has 3 rings (SSSR count). The number of benzene rings is 2. The number of non-ortho nitro benzene ring substituents is 1. The Balaban J connectivity index is 1.77. The highest BCUT2D eigenvalue weighted by Crippen LogP contribution is 2.36. The van der Waals surface area contributed by atoms with Crippen molar-refractivity contribution in [1.29, 1.82) is 0 Å². The maximum atomic E-state index is 10.9. The van der Waals surface area contributed by atoms with Crippen LogP contribution >= 0.6 is 11.8 Å². The number of aromatic nitrogens is 2. The summed E-state index contributed by atoms with van der Waals surface area (Å²) in [6, 6.07) is 12.6. The van der Waals surface area contributed by atoms with Gasteiger partial charge in [0.25, 0.3) is 10.9 Å². The maximum absolute atomic E-state index is 10.9. The second-order valence-electron chi connectivity index (χ2n) is 5.78. The third-order valence-electron chi connectivity index (χ3n) is 3.99. The van der Waals surface area contributed by atoms with Crippen molar-refractivity contribution in [2.24, 2.45) is 0 Å². The number of rotatable bonds is 5. The van der Waals surface area contributed by atoms with E-state index in [0.717, 1.165) is 16.7 Å². The second kappa shape index (κ2) is 7.06. The molecular weight excluding hydrogens is 338 g/mol. The summed E-state index contributed by atoms with van der Waals surface area (Å²) >= 11 is 1.38. The fourth-order valence-electron chi connectivity index (χ4n) is 2.36. The number of nitro benzene ring substituents is 1. The molecule has 1 atom stereocenters. The Kier molecular flexibility index (Phi) is 4.85. The Morgan fingerprint density at radius 3 is 2.64 bits per heavy atom. The average Bonchev–Trinajstić information content (AvgIpc) is 3.06. The predicted molar refractivity (Wildman–Crippen MR) is 96.6 cm³/mol. The van der Waals surface area contributed by atoms with Gasteiger partial charge in [-0.25, -0.2) is 0 Å². The van der Waals surface area contributed by atoms with Crippen LogP contribution in [0.25, 0.3) is 11.5 Å². The molecule has 0 saturated heterocycles. The van der Waals surface area contributed by atoms with Crippen molar-refractivity contribution < 1.29 is 9.34 Å². The number of nitro groups is 1. The minimum absolute atomic E-state index is 0.0482. The number of nitrogens with zero attached hydrogens (tertiary/aromatic N) is 3. The monoisotopic (exact) mass is 355 g/mol.